The summed E-state index contributed by atoms with van der Waals surface area (Å²) in [6.45, 7) is 8.37. The van der Waals surface area contributed by atoms with Crippen molar-refractivity contribution < 1.29 is 9.84 Å². The number of halogens is 2. The molecule has 0 aliphatic rings. The van der Waals surface area contributed by atoms with Crippen LogP contribution in [0.2, 0.25) is 10.0 Å². The summed E-state index contributed by atoms with van der Waals surface area (Å²) in [4.78, 5) is 0. The van der Waals surface area contributed by atoms with E-state index in [1.165, 1.54) is 5.56 Å². The molecule has 3 rings (SSSR count). The zero-order valence-electron chi connectivity index (χ0n) is 17.2. The zero-order valence-corrected chi connectivity index (χ0v) is 18.7. The normalized spacial score (nSPS) is 11.5. The van der Waals surface area contributed by atoms with Crippen LogP contribution < -0.4 is 4.74 Å². The average Bonchev–Trinajstić information content (AvgIpc) is 2.68. The molecule has 0 saturated carbocycles. The van der Waals surface area contributed by atoms with Gasteiger partial charge in [-0.25, -0.2) is 0 Å². The van der Waals surface area contributed by atoms with Crippen LogP contribution in [0.4, 0.5) is 0 Å². The van der Waals surface area contributed by atoms with Crippen LogP contribution in [0.5, 0.6) is 17.2 Å². The lowest BCUT2D eigenvalue weighted by Gasteiger charge is -2.19. The van der Waals surface area contributed by atoms with E-state index in [-0.39, 0.29) is 11.2 Å². The molecule has 3 aromatic carbocycles. The van der Waals surface area contributed by atoms with Crippen molar-refractivity contribution in [2.45, 2.75) is 46.0 Å². The number of benzene rings is 3. The van der Waals surface area contributed by atoms with Gasteiger partial charge in [0.2, 0.25) is 0 Å². The van der Waals surface area contributed by atoms with Gasteiger partial charge in [-0.1, -0.05) is 68.2 Å². The molecule has 0 atom stereocenters. The van der Waals surface area contributed by atoms with Gasteiger partial charge in [0.1, 0.15) is 17.2 Å². The predicted molar refractivity (Wildman–Crippen MR) is 122 cm³/mol. The standard InChI is InChI=1S/C25H26Cl2O2/c1-16-22(26)15-18(24(28)23(16)27)9-8-17-6-5-7-21(14-17)29-20-12-10-19(11-13-20)25(2,3)4/h5-7,10-15,28H,8-9H2,1-4H3. The minimum Gasteiger partial charge on any atom is -0.506 e. The Morgan fingerprint density at radius 2 is 1.59 bits per heavy atom. The molecule has 2 nitrogen and oxygen atoms in total. The lowest BCUT2D eigenvalue weighted by molar-refractivity contribution is 0.467. The summed E-state index contributed by atoms with van der Waals surface area (Å²) in [5, 5.41) is 11.2. The maximum Gasteiger partial charge on any atom is 0.137 e. The second-order valence-corrected chi connectivity index (χ2v) is 9.11. The van der Waals surface area contributed by atoms with Gasteiger partial charge in [-0.05, 0) is 77.8 Å². The molecule has 0 unspecified atom stereocenters. The van der Waals surface area contributed by atoms with E-state index in [9.17, 15) is 5.11 Å². The summed E-state index contributed by atoms with van der Waals surface area (Å²) in [5.74, 6) is 1.71. The molecule has 29 heavy (non-hydrogen) atoms. The molecule has 1 N–H and O–H groups in total. The molecule has 3 aromatic rings. The molecule has 0 aliphatic heterocycles. The molecule has 0 saturated heterocycles. The largest absolute Gasteiger partial charge is 0.506 e. The number of ether oxygens (including phenoxy) is 1. The highest BCUT2D eigenvalue weighted by Crippen LogP contribution is 2.36. The van der Waals surface area contributed by atoms with E-state index in [1.54, 1.807) is 13.0 Å². The van der Waals surface area contributed by atoms with E-state index in [1.807, 2.05) is 36.4 Å². The summed E-state index contributed by atoms with van der Waals surface area (Å²) in [6.07, 6.45) is 1.37. The fourth-order valence-electron chi connectivity index (χ4n) is 3.15. The second kappa shape index (κ2) is 8.69. The van der Waals surface area contributed by atoms with Crippen LogP contribution >= 0.6 is 23.2 Å². The van der Waals surface area contributed by atoms with Crippen LogP contribution in [-0.4, -0.2) is 5.11 Å². The van der Waals surface area contributed by atoms with Crippen molar-refractivity contribution in [2.75, 3.05) is 0 Å². The Bertz CT molecular complexity index is 1000. The summed E-state index contributed by atoms with van der Waals surface area (Å²) in [7, 11) is 0. The Hall–Kier alpha value is -2.16. The molecule has 0 heterocycles. The first-order valence-corrected chi connectivity index (χ1v) is 10.4. The first-order chi connectivity index (χ1) is 13.6. The smallest absolute Gasteiger partial charge is 0.137 e. The topological polar surface area (TPSA) is 29.5 Å². The summed E-state index contributed by atoms with van der Waals surface area (Å²) in [6, 6.07) is 18.0. The van der Waals surface area contributed by atoms with Gasteiger partial charge >= 0.3 is 0 Å². The van der Waals surface area contributed by atoms with Crippen molar-refractivity contribution in [2.24, 2.45) is 0 Å². The summed E-state index contributed by atoms with van der Waals surface area (Å²) < 4.78 is 6.02. The molecule has 0 aliphatic carbocycles. The van der Waals surface area contributed by atoms with Gasteiger partial charge < -0.3 is 9.84 Å². The summed E-state index contributed by atoms with van der Waals surface area (Å²) >= 11 is 12.4. The van der Waals surface area contributed by atoms with E-state index in [0.29, 0.717) is 22.0 Å². The van der Waals surface area contributed by atoms with E-state index >= 15 is 0 Å². The average molecular weight is 429 g/mol. The van der Waals surface area contributed by atoms with Crippen molar-refractivity contribution in [3.05, 3.63) is 86.9 Å². The fraction of sp³-hybridized carbons (Fsp3) is 0.280. The molecule has 0 fully saturated rings. The van der Waals surface area contributed by atoms with Crippen LogP contribution in [0.25, 0.3) is 0 Å². The lowest BCUT2D eigenvalue weighted by Crippen LogP contribution is -2.10. The van der Waals surface area contributed by atoms with Gasteiger partial charge in [-0.2, -0.15) is 0 Å². The Balaban J connectivity index is 1.70. The van der Waals surface area contributed by atoms with Crippen molar-refractivity contribution in [3.63, 3.8) is 0 Å². The number of hydrogen-bond acceptors (Lipinski definition) is 2. The third-order valence-corrected chi connectivity index (χ3v) is 5.89. The monoisotopic (exact) mass is 428 g/mol. The quantitative estimate of drug-likeness (QED) is 0.447. The Morgan fingerprint density at radius 1 is 0.897 bits per heavy atom. The Kier molecular flexibility index (Phi) is 6.45. The van der Waals surface area contributed by atoms with Gasteiger partial charge in [-0.3, -0.25) is 0 Å². The van der Waals surface area contributed by atoms with Crippen molar-refractivity contribution in [1.82, 2.24) is 0 Å². The molecule has 0 spiro atoms. The molecular formula is C25H26Cl2O2. The molecule has 4 heteroatoms. The third-order valence-electron chi connectivity index (χ3n) is 5.04. The molecular weight excluding hydrogens is 403 g/mol. The van der Waals surface area contributed by atoms with E-state index in [2.05, 4.69) is 32.9 Å². The maximum atomic E-state index is 10.3. The van der Waals surface area contributed by atoms with Crippen molar-refractivity contribution >= 4 is 23.2 Å². The number of aryl methyl sites for hydroxylation is 2. The highest BCUT2D eigenvalue weighted by molar-refractivity contribution is 6.37. The van der Waals surface area contributed by atoms with E-state index in [0.717, 1.165) is 29.0 Å². The predicted octanol–water partition coefficient (Wildman–Crippen LogP) is 7.88. The first kappa shape index (κ1) is 21.5. The SMILES string of the molecule is Cc1c(Cl)cc(CCc2cccc(Oc3ccc(C(C)(C)C)cc3)c2)c(O)c1Cl. The van der Waals surface area contributed by atoms with Gasteiger partial charge in [0.15, 0.2) is 0 Å². The highest BCUT2D eigenvalue weighted by atomic mass is 35.5. The Labute approximate surface area is 183 Å². The van der Waals surface area contributed by atoms with Crippen LogP contribution in [0.1, 0.15) is 43.0 Å². The molecule has 0 amide bonds. The van der Waals surface area contributed by atoms with Crippen molar-refractivity contribution in [3.8, 4) is 17.2 Å². The van der Waals surface area contributed by atoms with Gasteiger partial charge in [0.05, 0.1) is 5.02 Å². The molecule has 152 valence electrons. The number of rotatable bonds is 5. The fourth-order valence-corrected chi connectivity index (χ4v) is 3.64. The zero-order chi connectivity index (χ0) is 21.2. The number of aromatic hydroxyl groups is 1. The molecule has 0 radical (unpaired) electrons. The van der Waals surface area contributed by atoms with E-state index in [4.69, 9.17) is 27.9 Å². The third kappa shape index (κ3) is 5.26. The van der Waals surface area contributed by atoms with Crippen LogP contribution in [0.3, 0.4) is 0 Å². The van der Waals surface area contributed by atoms with Gasteiger partial charge in [0.25, 0.3) is 0 Å². The van der Waals surface area contributed by atoms with Crippen LogP contribution in [-0.2, 0) is 18.3 Å². The van der Waals surface area contributed by atoms with Gasteiger partial charge in [-0.15, -0.1) is 0 Å². The molecule has 0 aromatic heterocycles. The number of phenolic OH excluding ortho intramolecular Hbond substituents is 1. The van der Waals surface area contributed by atoms with Crippen molar-refractivity contribution in [1.29, 1.82) is 0 Å². The lowest BCUT2D eigenvalue weighted by atomic mass is 9.87. The number of hydrogen-bond donors (Lipinski definition) is 1. The minimum absolute atomic E-state index is 0.111. The first-order valence-electron chi connectivity index (χ1n) is 9.69. The minimum atomic E-state index is 0.111. The van der Waals surface area contributed by atoms with E-state index < -0.39 is 0 Å². The Morgan fingerprint density at radius 3 is 2.24 bits per heavy atom. The second-order valence-electron chi connectivity index (χ2n) is 8.33. The number of phenols is 1. The van der Waals surface area contributed by atoms with Crippen LogP contribution in [0.15, 0.2) is 54.6 Å². The van der Waals surface area contributed by atoms with Gasteiger partial charge in [0, 0.05) is 5.02 Å². The highest BCUT2D eigenvalue weighted by Gasteiger charge is 2.14. The molecule has 0 bridgehead atoms. The summed E-state index contributed by atoms with van der Waals surface area (Å²) in [5.41, 5.74) is 3.94. The van der Waals surface area contributed by atoms with Crippen LogP contribution in [0, 0.1) is 6.92 Å². The maximum absolute atomic E-state index is 10.3.